The zero-order valence-corrected chi connectivity index (χ0v) is 14.7. The highest BCUT2D eigenvalue weighted by Crippen LogP contribution is 2.20. The molecule has 24 heavy (non-hydrogen) atoms. The lowest BCUT2D eigenvalue weighted by molar-refractivity contribution is 0.601. The number of aromatic nitrogens is 2. The van der Waals surface area contributed by atoms with E-state index in [9.17, 15) is 8.42 Å². The number of hydrogen-bond donors (Lipinski definition) is 1. The number of nitrogens with zero attached hydrogens (tertiary/aromatic N) is 2. The first-order chi connectivity index (χ1) is 11.5. The Morgan fingerprint density at radius 3 is 2.50 bits per heavy atom. The van der Waals surface area contributed by atoms with Crippen molar-refractivity contribution in [2.75, 3.05) is 4.72 Å². The molecule has 0 radical (unpaired) electrons. The fourth-order valence-electron chi connectivity index (χ4n) is 2.08. The third-order valence-electron chi connectivity index (χ3n) is 3.32. The van der Waals surface area contributed by atoms with Crippen molar-refractivity contribution in [3.05, 3.63) is 72.6 Å². The molecule has 0 saturated carbocycles. The molecule has 0 aliphatic heterocycles. The quantitative estimate of drug-likeness (QED) is 0.681. The van der Waals surface area contributed by atoms with Gasteiger partial charge in [0.1, 0.15) is 0 Å². The molecule has 7 heteroatoms. The van der Waals surface area contributed by atoms with Crippen molar-refractivity contribution in [2.24, 2.45) is 0 Å². The zero-order chi connectivity index (χ0) is 17.0. The van der Waals surface area contributed by atoms with Crippen LogP contribution < -0.4 is 4.72 Å². The van der Waals surface area contributed by atoms with Gasteiger partial charge in [0.05, 0.1) is 28.9 Å². The van der Waals surface area contributed by atoms with Crippen LogP contribution in [-0.4, -0.2) is 18.2 Å². The first kappa shape index (κ1) is 16.6. The van der Waals surface area contributed by atoms with Crippen LogP contribution in [0.5, 0.6) is 0 Å². The van der Waals surface area contributed by atoms with E-state index in [1.165, 1.54) is 6.20 Å². The number of benzene rings is 2. The number of anilines is 1. The van der Waals surface area contributed by atoms with Gasteiger partial charge in [-0.05, 0) is 31.2 Å². The average molecular weight is 359 g/mol. The molecule has 0 aliphatic carbocycles. The Labute approximate surface area is 145 Å². The van der Waals surface area contributed by atoms with Gasteiger partial charge in [0, 0.05) is 4.90 Å². The van der Waals surface area contributed by atoms with Crippen molar-refractivity contribution in [1.82, 2.24) is 9.78 Å². The Kier molecular flexibility index (Phi) is 4.92. The molecule has 0 fully saturated rings. The number of sulfonamides is 1. The molecular formula is C17H17N3O2S2. The number of hydrogen-bond acceptors (Lipinski definition) is 4. The molecule has 3 rings (SSSR count). The largest absolute Gasteiger partial charge is 0.276 e. The van der Waals surface area contributed by atoms with Gasteiger partial charge in [-0.25, -0.2) is 8.42 Å². The van der Waals surface area contributed by atoms with Crippen LogP contribution in [0.25, 0.3) is 0 Å². The van der Waals surface area contributed by atoms with E-state index in [4.69, 9.17) is 0 Å². The maximum atomic E-state index is 12.3. The predicted octanol–water partition coefficient (Wildman–Crippen LogP) is 3.74. The van der Waals surface area contributed by atoms with Crippen molar-refractivity contribution in [3.63, 3.8) is 0 Å². The van der Waals surface area contributed by atoms with E-state index in [-0.39, 0.29) is 4.90 Å². The first-order valence-electron chi connectivity index (χ1n) is 7.33. The van der Waals surface area contributed by atoms with Gasteiger partial charge in [-0.1, -0.05) is 35.9 Å². The lowest BCUT2D eigenvalue weighted by Crippen LogP contribution is -2.12. The molecular weight excluding hydrogens is 342 g/mol. The maximum Gasteiger partial charge on any atom is 0.261 e. The first-order valence-corrected chi connectivity index (χ1v) is 9.80. The summed E-state index contributed by atoms with van der Waals surface area (Å²) in [6.45, 7) is 1.91. The highest BCUT2D eigenvalue weighted by atomic mass is 32.2. The second kappa shape index (κ2) is 7.11. The van der Waals surface area contributed by atoms with Gasteiger partial charge >= 0.3 is 0 Å². The van der Waals surface area contributed by atoms with Crippen LogP contribution in [0.15, 0.2) is 76.8 Å². The highest BCUT2D eigenvalue weighted by Gasteiger charge is 2.14. The minimum atomic E-state index is -3.59. The summed E-state index contributed by atoms with van der Waals surface area (Å²) < 4.78 is 28.9. The van der Waals surface area contributed by atoms with E-state index in [0.717, 1.165) is 10.5 Å². The van der Waals surface area contributed by atoms with Crippen LogP contribution in [-0.2, 0) is 15.9 Å². The SMILES string of the molecule is Cc1ccc(S(=O)(=O)Nc2cnn(CSc3ccccc3)c2)cc1. The summed E-state index contributed by atoms with van der Waals surface area (Å²) in [4.78, 5) is 1.37. The fourth-order valence-corrected chi connectivity index (χ4v) is 3.88. The topological polar surface area (TPSA) is 64.0 Å². The van der Waals surface area contributed by atoms with Gasteiger partial charge in [0.15, 0.2) is 0 Å². The van der Waals surface area contributed by atoms with E-state index in [1.54, 1.807) is 46.9 Å². The van der Waals surface area contributed by atoms with Crippen molar-refractivity contribution >= 4 is 27.5 Å². The Morgan fingerprint density at radius 1 is 1.08 bits per heavy atom. The van der Waals surface area contributed by atoms with E-state index in [2.05, 4.69) is 9.82 Å². The smallest absolute Gasteiger partial charge is 0.261 e. The summed E-state index contributed by atoms with van der Waals surface area (Å²) in [5, 5.41) is 4.19. The molecule has 124 valence electrons. The minimum Gasteiger partial charge on any atom is -0.276 e. The van der Waals surface area contributed by atoms with E-state index in [0.29, 0.717) is 11.6 Å². The third kappa shape index (κ3) is 4.18. The monoisotopic (exact) mass is 359 g/mol. The molecule has 0 spiro atoms. The summed E-state index contributed by atoms with van der Waals surface area (Å²) in [6, 6.07) is 16.7. The summed E-state index contributed by atoms with van der Waals surface area (Å²) in [5.41, 5.74) is 1.46. The lowest BCUT2D eigenvalue weighted by atomic mass is 10.2. The standard InChI is InChI=1S/C17H17N3O2S2/c1-14-7-9-17(10-8-14)24(21,22)19-15-11-18-20(12-15)13-23-16-5-3-2-4-6-16/h2-12,19H,13H2,1H3. The van der Waals surface area contributed by atoms with Crippen LogP contribution in [0.4, 0.5) is 5.69 Å². The van der Waals surface area contributed by atoms with Crippen molar-refractivity contribution in [3.8, 4) is 0 Å². The van der Waals surface area contributed by atoms with Gasteiger partial charge < -0.3 is 0 Å². The predicted molar refractivity (Wildman–Crippen MR) is 96.5 cm³/mol. The van der Waals surface area contributed by atoms with E-state index >= 15 is 0 Å². The molecule has 5 nitrogen and oxygen atoms in total. The second-order valence-electron chi connectivity index (χ2n) is 5.27. The second-order valence-corrected chi connectivity index (χ2v) is 7.97. The highest BCUT2D eigenvalue weighted by molar-refractivity contribution is 7.98. The molecule has 3 aromatic rings. The third-order valence-corrected chi connectivity index (χ3v) is 5.72. The fraction of sp³-hybridized carbons (Fsp3) is 0.118. The van der Waals surface area contributed by atoms with Crippen LogP contribution in [0, 0.1) is 6.92 Å². The van der Waals surface area contributed by atoms with Gasteiger partial charge in [0.2, 0.25) is 0 Å². The van der Waals surface area contributed by atoms with Gasteiger partial charge in [0.25, 0.3) is 10.0 Å². The van der Waals surface area contributed by atoms with Crippen LogP contribution >= 0.6 is 11.8 Å². The Morgan fingerprint density at radius 2 is 1.79 bits per heavy atom. The van der Waals surface area contributed by atoms with Crippen molar-refractivity contribution < 1.29 is 8.42 Å². The van der Waals surface area contributed by atoms with Crippen molar-refractivity contribution in [2.45, 2.75) is 22.6 Å². The molecule has 1 heterocycles. The van der Waals surface area contributed by atoms with E-state index in [1.807, 2.05) is 37.3 Å². The normalized spacial score (nSPS) is 11.4. The van der Waals surface area contributed by atoms with Gasteiger partial charge in [-0.15, -0.1) is 11.8 Å². The molecule has 0 saturated heterocycles. The van der Waals surface area contributed by atoms with Crippen molar-refractivity contribution in [1.29, 1.82) is 0 Å². The Bertz CT molecular complexity index is 905. The van der Waals surface area contributed by atoms with E-state index < -0.39 is 10.0 Å². The number of nitrogens with one attached hydrogen (secondary N) is 1. The Balaban J connectivity index is 1.66. The molecule has 1 N–H and O–H groups in total. The summed E-state index contributed by atoms with van der Waals surface area (Å²) in [6.07, 6.45) is 3.19. The molecule has 0 bridgehead atoms. The minimum absolute atomic E-state index is 0.236. The summed E-state index contributed by atoms with van der Waals surface area (Å²) in [5.74, 6) is 0.607. The molecule has 0 atom stereocenters. The molecule has 0 aliphatic rings. The summed E-state index contributed by atoms with van der Waals surface area (Å²) in [7, 11) is -3.59. The van der Waals surface area contributed by atoms with Crippen LogP contribution in [0.1, 0.15) is 5.56 Å². The lowest BCUT2D eigenvalue weighted by Gasteiger charge is -2.06. The van der Waals surface area contributed by atoms with Gasteiger partial charge in [-0.3, -0.25) is 9.40 Å². The zero-order valence-electron chi connectivity index (χ0n) is 13.1. The molecule has 1 aromatic heterocycles. The molecule has 0 amide bonds. The van der Waals surface area contributed by atoms with Gasteiger partial charge in [-0.2, -0.15) is 5.10 Å². The molecule has 0 unspecified atom stereocenters. The van der Waals surface area contributed by atoms with Crippen LogP contribution in [0.2, 0.25) is 0 Å². The maximum absolute atomic E-state index is 12.3. The summed E-state index contributed by atoms with van der Waals surface area (Å²) >= 11 is 1.63. The average Bonchev–Trinajstić information content (AvgIpc) is 3.01. The Hall–Kier alpha value is -2.25. The number of rotatable bonds is 6. The number of thioether (sulfide) groups is 1. The molecule has 2 aromatic carbocycles. The van der Waals surface area contributed by atoms with Crippen LogP contribution in [0.3, 0.4) is 0 Å². The number of aryl methyl sites for hydroxylation is 1.